The van der Waals surface area contributed by atoms with Gasteiger partial charge in [-0.3, -0.25) is 4.98 Å². The number of aromatic nitrogens is 1. The Morgan fingerprint density at radius 2 is 1.62 bits per heavy atom. The summed E-state index contributed by atoms with van der Waals surface area (Å²) in [6, 6.07) is 23.9. The first-order valence-electron chi connectivity index (χ1n) is 8.51. The first kappa shape index (κ1) is 13.6. The van der Waals surface area contributed by atoms with E-state index in [1.54, 1.807) is 0 Å². The molecule has 2 aliphatic heterocycles. The van der Waals surface area contributed by atoms with E-state index in [1.807, 2.05) is 12.3 Å². The quantitative estimate of drug-likeness (QED) is 0.698. The average Bonchev–Trinajstić information content (AvgIpc) is 2.67. The van der Waals surface area contributed by atoms with Crippen molar-refractivity contribution in [2.45, 2.75) is 12.0 Å². The third-order valence-electron chi connectivity index (χ3n) is 5.28. The second-order valence-corrected chi connectivity index (χ2v) is 6.58. The topological polar surface area (TPSA) is 37.0 Å². The molecular formula is C21H19N3. The Balaban J connectivity index is 1.69. The summed E-state index contributed by atoms with van der Waals surface area (Å²) in [6.45, 7) is 0.949. The lowest BCUT2D eigenvalue weighted by Gasteiger charge is -2.44. The van der Waals surface area contributed by atoms with Crippen LogP contribution in [-0.2, 0) is 0 Å². The van der Waals surface area contributed by atoms with Crippen molar-refractivity contribution in [1.82, 2.24) is 4.98 Å². The fraction of sp³-hybridized carbons (Fsp3) is 0.190. The van der Waals surface area contributed by atoms with Gasteiger partial charge in [0.05, 0.1) is 17.4 Å². The molecule has 3 aromatic rings. The Labute approximate surface area is 141 Å². The van der Waals surface area contributed by atoms with E-state index in [9.17, 15) is 0 Å². The fourth-order valence-corrected chi connectivity index (χ4v) is 4.22. The second kappa shape index (κ2) is 5.38. The van der Waals surface area contributed by atoms with Crippen molar-refractivity contribution in [2.24, 2.45) is 5.92 Å². The van der Waals surface area contributed by atoms with Crippen molar-refractivity contribution < 1.29 is 0 Å². The Bertz CT molecular complexity index is 875. The van der Waals surface area contributed by atoms with E-state index in [2.05, 4.69) is 71.3 Å². The molecule has 3 heteroatoms. The van der Waals surface area contributed by atoms with Crippen LogP contribution < -0.4 is 10.6 Å². The molecule has 1 aromatic heterocycles. The zero-order chi connectivity index (χ0) is 15.9. The van der Waals surface area contributed by atoms with E-state index in [0.29, 0.717) is 17.9 Å². The minimum Gasteiger partial charge on any atom is -0.384 e. The maximum Gasteiger partial charge on any atom is 0.0713 e. The largest absolute Gasteiger partial charge is 0.384 e. The van der Waals surface area contributed by atoms with Crippen molar-refractivity contribution >= 4 is 11.4 Å². The Morgan fingerprint density at radius 3 is 2.54 bits per heavy atom. The molecule has 0 saturated heterocycles. The van der Waals surface area contributed by atoms with Crippen molar-refractivity contribution in [2.75, 3.05) is 17.2 Å². The van der Waals surface area contributed by atoms with Crippen LogP contribution in [0.15, 0.2) is 72.9 Å². The van der Waals surface area contributed by atoms with Gasteiger partial charge in [-0.2, -0.15) is 0 Å². The molecule has 0 spiro atoms. The normalized spacial score (nSPS) is 23.9. The van der Waals surface area contributed by atoms with Gasteiger partial charge in [-0.25, -0.2) is 0 Å². The van der Waals surface area contributed by atoms with E-state index in [0.717, 1.165) is 17.9 Å². The molecule has 3 nitrogen and oxygen atoms in total. The van der Waals surface area contributed by atoms with Crippen LogP contribution >= 0.6 is 0 Å². The number of anilines is 2. The van der Waals surface area contributed by atoms with Gasteiger partial charge in [0.1, 0.15) is 0 Å². The van der Waals surface area contributed by atoms with E-state index >= 15 is 0 Å². The monoisotopic (exact) mass is 313 g/mol. The molecule has 0 unspecified atom stereocenters. The van der Waals surface area contributed by atoms with E-state index < -0.39 is 0 Å². The Kier molecular flexibility index (Phi) is 3.05. The van der Waals surface area contributed by atoms with Crippen molar-refractivity contribution in [3.63, 3.8) is 0 Å². The zero-order valence-corrected chi connectivity index (χ0v) is 13.3. The SMILES string of the molecule is c1ccc([C@@H]2c3ncccc3N[C@@H]3c4ccccc4NC[C@@H]23)cc1. The third kappa shape index (κ3) is 2.01. The molecule has 2 aromatic carbocycles. The number of pyridine rings is 1. The van der Waals surface area contributed by atoms with Crippen LogP contribution in [0.4, 0.5) is 11.4 Å². The lowest BCUT2D eigenvalue weighted by atomic mass is 9.72. The van der Waals surface area contributed by atoms with Gasteiger partial charge < -0.3 is 10.6 Å². The van der Waals surface area contributed by atoms with Gasteiger partial charge in [-0.05, 0) is 29.3 Å². The highest BCUT2D eigenvalue weighted by molar-refractivity contribution is 5.63. The molecule has 2 N–H and O–H groups in total. The Hall–Kier alpha value is -2.81. The minimum absolute atomic E-state index is 0.300. The van der Waals surface area contributed by atoms with Crippen LogP contribution in [0.2, 0.25) is 0 Å². The molecule has 5 rings (SSSR count). The average molecular weight is 313 g/mol. The van der Waals surface area contributed by atoms with Crippen LogP contribution in [0.25, 0.3) is 0 Å². The lowest BCUT2D eigenvalue weighted by Crippen LogP contribution is -2.40. The zero-order valence-electron chi connectivity index (χ0n) is 13.3. The fourth-order valence-electron chi connectivity index (χ4n) is 4.22. The summed E-state index contributed by atoms with van der Waals surface area (Å²) in [4.78, 5) is 4.73. The number of rotatable bonds is 1. The van der Waals surface area contributed by atoms with Crippen molar-refractivity contribution in [1.29, 1.82) is 0 Å². The summed E-state index contributed by atoms with van der Waals surface area (Å²) >= 11 is 0. The molecule has 3 heterocycles. The molecule has 0 fully saturated rings. The maximum absolute atomic E-state index is 4.73. The number of hydrogen-bond donors (Lipinski definition) is 2. The van der Waals surface area contributed by atoms with Gasteiger partial charge in [0.25, 0.3) is 0 Å². The smallest absolute Gasteiger partial charge is 0.0713 e. The number of nitrogens with zero attached hydrogens (tertiary/aromatic N) is 1. The first-order valence-corrected chi connectivity index (χ1v) is 8.51. The first-order chi connectivity index (χ1) is 11.9. The second-order valence-electron chi connectivity index (χ2n) is 6.58. The van der Waals surface area contributed by atoms with Gasteiger partial charge in [0.15, 0.2) is 0 Å². The van der Waals surface area contributed by atoms with Gasteiger partial charge in [0.2, 0.25) is 0 Å². The number of benzene rings is 2. The van der Waals surface area contributed by atoms with Gasteiger partial charge in [-0.15, -0.1) is 0 Å². The van der Waals surface area contributed by atoms with Crippen LogP contribution in [0.5, 0.6) is 0 Å². The van der Waals surface area contributed by atoms with Crippen LogP contribution in [0, 0.1) is 5.92 Å². The summed E-state index contributed by atoms with van der Waals surface area (Å²) in [5.41, 5.74) is 6.25. The number of para-hydroxylation sites is 1. The van der Waals surface area contributed by atoms with Crippen molar-refractivity contribution in [3.8, 4) is 0 Å². The van der Waals surface area contributed by atoms with E-state index in [-0.39, 0.29) is 0 Å². The standard InChI is InChI=1S/C21H19N3/c1-2-7-14(8-3-1)19-16-13-23-17-10-5-4-9-15(17)20(16)24-18-11-6-12-22-21(18)19/h1-12,16,19-20,23-24H,13H2/t16-,19-,20+/m0/s1. The summed E-state index contributed by atoms with van der Waals surface area (Å²) in [6.07, 6.45) is 1.90. The summed E-state index contributed by atoms with van der Waals surface area (Å²) in [7, 11) is 0. The summed E-state index contributed by atoms with van der Waals surface area (Å²) in [5.74, 6) is 0.735. The molecule has 24 heavy (non-hydrogen) atoms. The highest BCUT2D eigenvalue weighted by Crippen LogP contribution is 2.49. The van der Waals surface area contributed by atoms with Crippen LogP contribution in [-0.4, -0.2) is 11.5 Å². The van der Waals surface area contributed by atoms with Crippen LogP contribution in [0.3, 0.4) is 0 Å². The number of hydrogen-bond acceptors (Lipinski definition) is 3. The van der Waals surface area contributed by atoms with Gasteiger partial charge >= 0.3 is 0 Å². The highest BCUT2D eigenvalue weighted by atomic mass is 15.0. The van der Waals surface area contributed by atoms with E-state index in [1.165, 1.54) is 16.8 Å². The lowest BCUT2D eigenvalue weighted by molar-refractivity contribution is 0.395. The maximum atomic E-state index is 4.73. The van der Waals surface area contributed by atoms with Crippen LogP contribution in [0.1, 0.15) is 28.8 Å². The summed E-state index contributed by atoms with van der Waals surface area (Å²) < 4.78 is 0. The molecule has 0 bridgehead atoms. The number of nitrogens with one attached hydrogen (secondary N) is 2. The molecule has 0 saturated carbocycles. The molecule has 3 atom stereocenters. The third-order valence-corrected chi connectivity index (χ3v) is 5.28. The van der Waals surface area contributed by atoms with Gasteiger partial charge in [0, 0.05) is 30.3 Å². The highest BCUT2D eigenvalue weighted by Gasteiger charge is 2.41. The molecule has 2 aliphatic rings. The van der Waals surface area contributed by atoms with Gasteiger partial charge in [-0.1, -0.05) is 48.5 Å². The molecule has 0 amide bonds. The van der Waals surface area contributed by atoms with E-state index in [4.69, 9.17) is 4.98 Å². The molecule has 118 valence electrons. The molecule has 0 radical (unpaired) electrons. The minimum atomic E-state index is 0.300. The Morgan fingerprint density at radius 1 is 0.833 bits per heavy atom. The molecular weight excluding hydrogens is 294 g/mol. The predicted molar refractivity (Wildman–Crippen MR) is 97.3 cm³/mol. The number of fused-ring (bicyclic) bond motifs is 4. The predicted octanol–water partition coefficient (Wildman–Crippen LogP) is 4.42. The van der Waals surface area contributed by atoms with Crippen molar-refractivity contribution in [3.05, 3.63) is 89.7 Å². The molecule has 0 aliphatic carbocycles. The summed E-state index contributed by atoms with van der Waals surface area (Å²) in [5, 5.41) is 7.38.